The van der Waals surface area contributed by atoms with E-state index >= 15 is 0 Å². The zero-order chi connectivity index (χ0) is 22.8. The molecule has 0 N–H and O–H groups in total. The van der Waals surface area contributed by atoms with Gasteiger partial charge in [0, 0.05) is 25.6 Å². The lowest BCUT2D eigenvalue weighted by Gasteiger charge is -2.30. The van der Waals surface area contributed by atoms with Crippen molar-refractivity contribution in [1.29, 1.82) is 0 Å². The van der Waals surface area contributed by atoms with Gasteiger partial charge < -0.3 is 14.2 Å². The van der Waals surface area contributed by atoms with Crippen LogP contribution in [-0.4, -0.2) is 50.0 Å². The Bertz CT molecular complexity index is 1230. The average molecular weight is 489 g/mol. The minimum Gasteiger partial charge on any atom is -0.490 e. The Hall–Kier alpha value is -2.69. The van der Waals surface area contributed by atoms with Crippen molar-refractivity contribution in [2.45, 2.75) is 30.8 Å². The number of nitrogens with zero attached hydrogens (tertiary/aromatic N) is 2. The number of esters is 1. The monoisotopic (exact) mass is 488 g/mol. The minimum absolute atomic E-state index is 0.133. The number of sulfonamides is 1. The molecule has 1 saturated heterocycles. The first-order chi connectivity index (χ1) is 16.0. The molecule has 3 heterocycles. The van der Waals surface area contributed by atoms with Crippen LogP contribution >= 0.6 is 11.3 Å². The maximum atomic E-state index is 13.1. The van der Waals surface area contributed by atoms with Gasteiger partial charge in [0.1, 0.15) is 11.6 Å². The summed E-state index contributed by atoms with van der Waals surface area (Å²) in [6, 6.07) is 12.5. The highest BCUT2D eigenvalue weighted by atomic mass is 32.2. The second-order valence-corrected chi connectivity index (χ2v) is 11.1. The number of benzene rings is 2. The standard InChI is InChI=1S/C23H24N2O6S2/c26-23(31-15-22-24-18-4-1-2-5-21(18)32-22)16-8-10-25(11-9-16)33(27,28)17-6-7-19-20(14-17)30-13-3-12-29-19/h1-2,4-7,14,16H,3,8-13,15H2. The Labute approximate surface area is 196 Å². The van der Waals surface area contributed by atoms with Crippen LogP contribution in [0.1, 0.15) is 24.3 Å². The van der Waals surface area contributed by atoms with Gasteiger partial charge in [0.2, 0.25) is 10.0 Å². The maximum absolute atomic E-state index is 13.1. The third-order valence-electron chi connectivity index (χ3n) is 5.82. The number of rotatable bonds is 5. The van der Waals surface area contributed by atoms with Crippen molar-refractivity contribution in [1.82, 2.24) is 9.29 Å². The van der Waals surface area contributed by atoms with Crippen molar-refractivity contribution in [3.63, 3.8) is 0 Å². The molecule has 33 heavy (non-hydrogen) atoms. The van der Waals surface area contributed by atoms with Gasteiger partial charge in [0.25, 0.3) is 0 Å². The summed E-state index contributed by atoms with van der Waals surface area (Å²) in [5.41, 5.74) is 0.891. The molecule has 2 aliphatic heterocycles. The second-order valence-electron chi connectivity index (χ2n) is 8.02. The van der Waals surface area contributed by atoms with Crippen LogP contribution in [0.2, 0.25) is 0 Å². The van der Waals surface area contributed by atoms with Gasteiger partial charge in [-0.15, -0.1) is 11.3 Å². The first-order valence-electron chi connectivity index (χ1n) is 10.9. The molecule has 0 radical (unpaired) electrons. The molecule has 0 spiro atoms. The summed E-state index contributed by atoms with van der Waals surface area (Å²) in [7, 11) is -3.69. The van der Waals surface area contributed by atoms with Gasteiger partial charge in [0.05, 0.1) is 34.2 Å². The Morgan fingerprint density at radius 1 is 1.09 bits per heavy atom. The largest absolute Gasteiger partial charge is 0.490 e. The lowest BCUT2D eigenvalue weighted by Crippen LogP contribution is -2.40. The summed E-state index contributed by atoms with van der Waals surface area (Å²) in [6.07, 6.45) is 1.59. The Morgan fingerprint density at radius 3 is 2.64 bits per heavy atom. The van der Waals surface area contributed by atoms with E-state index in [2.05, 4.69) is 4.98 Å². The van der Waals surface area contributed by atoms with E-state index in [0.717, 1.165) is 21.6 Å². The average Bonchev–Trinajstić information content (AvgIpc) is 3.11. The molecule has 2 aromatic carbocycles. The van der Waals surface area contributed by atoms with Gasteiger partial charge in [-0.05, 0) is 37.1 Å². The fourth-order valence-corrected chi connectivity index (χ4v) is 6.38. The minimum atomic E-state index is -3.69. The van der Waals surface area contributed by atoms with Crippen molar-refractivity contribution in [2.24, 2.45) is 5.92 Å². The van der Waals surface area contributed by atoms with Gasteiger partial charge >= 0.3 is 5.97 Å². The first kappa shape index (κ1) is 22.1. The molecule has 0 atom stereocenters. The predicted octanol–water partition coefficient (Wildman–Crippen LogP) is 3.60. The van der Waals surface area contributed by atoms with E-state index in [4.69, 9.17) is 14.2 Å². The predicted molar refractivity (Wildman–Crippen MR) is 123 cm³/mol. The highest BCUT2D eigenvalue weighted by Crippen LogP contribution is 2.34. The van der Waals surface area contributed by atoms with Crippen molar-refractivity contribution in [2.75, 3.05) is 26.3 Å². The maximum Gasteiger partial charge on any atom is 0.309 e. The van der Waals surface area contributed by atoms with Crippen molar-refractivity contribution < 1.29 is 27.4 Å². The van der Waals surface area contributed by atoms with Crippen molar-refractivity contribution in [3.8, 4) is 11.5 Å². The summed E-state index contributed by atoms with van der Waals surface area (Å²) in [6.45, 7) is 1.69. The van der Waals surface area contributed by atoms with Gasteiger partial charge in [-0.1, -0.05) is 12.1 Å². The van der Waals surface area contributed by atoms with Crippen LogP contribution in [0.3, 0.4) is 0 Å². The van der Waals surface area contributed by atoms with Crippen LogP contribution in [0.5, 0.6) is 11.5 Å². The molecule has 3 aromatic rings. The van der Waals surface area contributed by atoms with Crippen LogP contribution < -0.4 is 9.47 Å². The topological polar surface area (TPSA) is 95.0 Å². The lowest BCUT2D eigenvalue weighted by atomic mass is 9.98. The fraction of sp³-hybridized carbons (Fsp3) is 0.391. The highest BCUT2D eigenvalue weighted by molar-refractivity contribution is 7.89. The molecular weight excluding hydrogens is 464 g/mol. The van der Waals surface area contributed by atoms with Gasteiger partial charge in [-0.25, -0.2) is 13.4 Å². The number of carbonyl (C=O) groups excluding carboxylic acids is 1. The molecule has 5 rings (SSSR count). The van der Waals surface area contributed by atoms with Crippen LogP contribution in [0.15, 0.2) is 47.4 Å². The molecule has 0 aliphatic carbocycles. The van der Waals surface area contributed by atoms with Crippen molar-refractivity contribution in [3.05, 3.63) is 47.5 Å². The molecule has 0 unspecified atom stereocenters. The third-order valence-corrected chi connectivity index (χ3v) is 8.72. The summed E-state index contributed by atoms with van der Waals surface area (Å²) >= 11 is 1.50. The molecule has 1 aromatic heterocycles. The zero-order valence-corrected chi connectivity index (χ0v) is 19.6. The number of thiazole rings is 1. The fourth-order valence-electron chi connectivity index (χ4n) is 4.02. The third kappa shape index (κ3) is 4.68. The van der Waals surface area contributed by atoms with E-state index in [1.165, 1.54) is 21.7 Å². The zero-order valence-electron chi connectivity index (χ0n) is 17.9. The number of ether oxygens (including phenoxy) is 3. The SMILES string of the molecule is O=C(OCc1nc2ccccc2s1)C1CCN(S(=O)(=O)c2ccc3c(c2)OCCCO3)CC1. The number of hydrogen-bond acceptors (Lipinski definition) is 8. The van der Waals surface area contributed by atoms with E-state index in [1.807, 2.05) is 24.3 Å². The number of hydrogen-bond donors (Lipinski definition) is 0. The molecule has 1 fully saturated rings. The molecule has 8 nitrogen and oxygen atoms in total. The van der Waals surface area contributed by atoms with Crippen LogP contribution in [-0.2, 0) is 26.2 Å². The molecule has 174 valence electrons. The van der Waals surface area contributed by atoms with Crippen molar-refractivity contribution >= 4 is 37.5 Å². The molecular formula is C23H24N2O6S2. The molecule has 0 amide bonds. The molecule has 10 heteroatoms. The Kier molecular flexibility index (Phi) is 6.22. The normalized spacial score (nSPS) is 17.6. The van der Waals surface area contributed by atoms with Crippen LogP contribution in [0, 0.1) is 5.92 Å². The quantitative estimate of drug-likeness (QED) is 0.507. The molecule has 0 bridgehead atoms. The second kappa shape index (κ2) is 9.28. The smallest absolute Gasteiger partial charge is 0.309 e. The van der Waals surface area contributed by atoms with E-state index in [1.54, 1.807) is 12.1 Å². The Balaban J connectivity index is 1.18. The summed E-state index contributed by atoms with van der Waals surface area (Å²) in [4.78, 5) is 17.2. The van der Waals surface area contributed by atoms with Gasteiger partial charge in [-0.2, -0.15) is 4.31 Å². The van der Waals surface area contributed by atoms with Crippen LogP contribution in [0.4, 0.5) is 0 Å². The van der Waals surface area contributed by atoms with E-state index in [0.29, 0.717) is 37.6 Å². The van der Waals surface area contributed by atoms with Crippen LogP contribution in [0.25, 0.3) is 10.2 Å². The van der Waals surface area contributed by atoms with Gasteiger partial charge in [0.15, 0.2) is 11.5 Å². The van der Waals surface area contributed by atoms with Gasteiger partial charge in [-0.3, -0.25) is 4.79 Å². The number of para-hydroxylation sites is 1. The molecule has 2 aliphatic rings. The Morgan fingerprint density at radius 2 is 1.85 bits per heavy atom. The number of aromatic nitrogens is 1. The number of piperidine rings is 1. The molecule has 0 saturated carbocycles. The summed E-state index contributed by atoms with van der Waals surface area (Å²) < 4.78 is 45.5. The summed E-state index contributed by atoms with van der Waals surface area (Å²) in [5.74, 6) is 0.374. The van der Waals surface area contributed by atoms with E-state index in [9.17, 15) is 13.2 Å². The number of carbonyl (C=O) groups is 1. The van der Waals surface area contributed by atoms with E-state index in [-0.39, 0.29) is 36.5 Å². The highest BCUT2D eigenvalue weighted by Gasteiger charge is 2.33. The van der Waals surface area contributed by atoms with E-state index < -0.39 is 10.0 Å². The number of fused-ring (bicyclic) bond motifs is 2. The first-order valence-corrected chi connectivity index (χ1v) is 13.2. The lowest BCUT2D eigenvalue weighted by molar-refractivity contribution is -0.151. The summed E-state index contributed by atoms with van der Waals surface area (Å²) in [5, 5.41) is 0.749.